The number of para-hydroxylation sites is 1. The number of nitrogens with zero attached hydrogens (tertiary/aromatic N) is 2. The maximum Gasteiger partial charge on any atom is 0.290 e. The molecule has 4 rings (SSSR count). The molecule has 0 atom stereocenters. The van der Waals surface area contributed by atoms with E-state index in [0.29, 0.717) is 18.1 Å². The van der Waals surface area contributed by atoms with Crippen LogP contribution in [0.2, 0.25) is 0 Å². The first-order chi connectivity index (χ1) is 15.6. The lowest BCUT2D eigenvalue weighted by Crippen LogP contribution is -2.24. The molecular weight excluding hydrogens is 424 g/mol. The average Bonchev–Trinajstić information content (AvgIpc) is 3.12. The number of benzene rings is 2. The Morgan fingerprint density at radius 2 is 1.84 bits per heavy atom. The number of anilines is 3. The molecule has 2 heterocycles. The highest BCUT2D eigenvalue weighted by atomic mass is 32.2. The molecule has 2 N–H and O–H groups in total. The van der Waals surface area contributed by atoms with Crippen molar-refractivity contribution in [3.63, 3.8) is 0 Å². The number of likely N-dealkylation sites (N-methyl/N-ethyl adjacent to an activating group) is 1. The maximum absolute atomic E-state index is 11.6. The minimum absolute atomic E-state index is 0.346. The lowest BCUT2D eigenvalue weighted by Gasteiger charge is -2.19. The van der Waals surface area contributed by atoms with E-state index in [2.05, 4.69) is 15.6 Å². The van der Waals surface area contributed by atoms with Gasteiger partial charge in [-0.25, -0.2) is 4.98 Å². The van der Waals surface area contributed by atoms with Crippen molar-refractivity contribution >= 4 is 46.2 Å². The van der Waals surface area contributed by atoms with Crippen LogP contribution in [0.3, 0.4) is 0 Å². The Kier molecular flexibility index (Phi) is 6.72. The number of ether oxygens (including phenoxy) is 1. The maximum atomic E-state index is 11.6. The highest BCUT2D eigenvalue weighted by Crippen LogP contribution is 2.26. The van der Waals surface area contributed by atoms with Gasteiger partial charge in [-0.3, -0.25) is 14.9 Å². The zero-order valence-corrected chi connectivity index (χ0v) is 18.3. The van der Waals surface area contributed by atoms with Crippen molar-refractivity contribution in [1.29, 1.82) is 0 Å². The molecule has 0 aliphatic carbocycles. The van der Waals surface area contributed by atoms with Gasteiger partial charge in [-0.05, 0) is 53.7 Å². The number of hydrogen-bond donors (Lipinski definition) is 2. The van der Waals surface area contributed by atoms with E-state index >= 15 is 0 Å². The third kappa shape index (κ3) is 5.67. The summed E-state index contributed by atoms with van der Waals surface area (Å²) in [6.45, 7) is 1.15. The molecule has 2 amide bonds. The molecule has 1 fully saturated rings. The molecule has 1 aromatic heterocycles. The second-order valence-corrected chi connectivity index (χ2v) is 8.10. The molecule has 1 aliphatic heterocycles. The molecule has 162 valence electrons. The summed E-state index contributed by atoms with van der Waals surface area (Å²) >= 11 is 0.903. The van der Waals surface area contributed by atoms with Crippen LogP contribution in [-0.2, 0) is 4.79 Å². The van der Waals surface area contributed by atoms with Crippen molar-refractivity contribution in [1.82, 2.24) is 10.3 Å². The van der Waals surface area contributed by atoms with Gasteiger partial charge in [-0.2, -0.15) is 0 Å². The Hall–Kier alpha value is -3.78. The predicted molar refractivity (Wildman–Crippen MR) is 128 cm³/mol. The number of aromatic nitrogens is 1. The Balaban J connectivity index is 1.29. The molecule has 1 aliphatic rings. The quantitative estimate of drug-likeness (QED) is 0.487. The van der Waals surface area contributed by atoms with Crippen molar-refractivity contribution in [3.8, 4) is 5.75 Å². The van der Waals surface area contributed by atoms with E-state index in [9.17, 15) is 9.59 Å². The van der Waals surface area contributed by atoms with Crippen LogP contribution in [0.25, 0.3) is 6.08 Å². The van der Waals surface area contributed by atoms with Gasteiger partial charge in [0, 0.05) is 30.7 Å². The molecule has 0 saturated carbocycles. The first-order valence-electron chi connectivity index (χ1n) is 10.0. The van der Waals surface area contributed by atoms with Crippen LogP contribution in [0, 0.1) is 0 Å². The number of thioether (sulfide) groups is 1. The van der Waals surface area contributed by atoms with Crippen LogP contribution >= 0.6 is 11.8 Å². The zero-order chi connectivity index (χ0) is 22.3. The molecule has 8 heteroatoms. The van der Waals surface area contributed by atoms with Crippen LogP contribution < -0.4 is 20.3 Å². The van der Waals surface area contributed by atoms with Gasteiger partial charge in [0.2, 0.25) is 0 Å². The highest BCUT2D eigenvalue weighted by Gasteiger charge is 2.24. The van der Waals surface area contributed by atoms with Gasteiger partial charge in [0.05, 0.1) is 11.4 Å². The van der Waals surface area contributed by atoms with Crippen LogP contribution in [0.4, 0.5) is 22.0 Å². The molecule has 0 unspecified atom stereocenters. The van der Waals surface area contributed by atoms with E-state index in [1.54, 1.807) is 12.3 Å². The SMILES string of the molecule is CN(CCOc1ccc(/C=C2\SC(=O)NC2=O)cc1)c1cc(Nc2ccccc2)ccn1. The fraction of sp³-hybridized carbons (Fsp3) is 0.125. The molecule has 3 aromatic rings. The second-order valence-electron chi connectivity index (χ2n) is 7.09. The van der Waals surface area contributed by atoms with Gasteiger partial charge in [-0.15, -0.1) is 0 Å². The lowest BCUT2D eigenvalue weighted by molar-refractivity contribution is -0.115. The van der Waals surface area contributed by atoms with E-state index in [4.69, 9.17) is 4.74 Å². The van der Waals surface area contributed by atoms with E-state index in [1.165, 1.54) is 0 Å². The van der Waals surface area contributed by atoms with Crippen molar-refractivity contribution in [2.75, 3.05) is 30.4 Å². The third-order valence-corrected chi connectivity index (χ3v) is 5.53. The molecule has 0 bridgehead atoms. The van der Waals surface area contributed by atoms with Crippen LogP contribution in [0.15, 0.2) is 77.8 Å². The zero-order valence-electron chi connectivity index (χ0n) is 17.4. The van der Waals surface area contributed by atoms with Crippen molar-refractivity contribution in [3.05, 3.63) is 83.4 Å². The van der Waals surface area contributed by atoms with E-state index in [0.717, 1.165) is 40.3 Å². The molecule has 1 saturated heterocycles. The molecule has 2 aromatic carbocycles. The van der Waals surface area contributed by atoms with Gasteiger partial charge in [0.1, 0.15) is 18.2 Å². The Labute approximate surface area is 190 Å². The average molecular weight is 447 g/mol. The Bertz CT molecular complexity index is 1130. The fourth-order valence-corrected chi connectivity index (χ4v) is 3.72. The topological polar surface area (TPSA) is 83.6 Å². The number of pyridine rings is 1. The third-order valence-electron chi connectivity index (χ3n) is 4.71. The summed E-state index contributed by atoms with van der Waals surface area (Å²) in [5.41, 5.74) is 2.82. The minimum Gasteiger partial charge on any atom is -0.492 e. The summed E-state index contributed by atoms with van der Waals surface area (Å²) in [5, 5.41) is 5.27. The molecule has 7 nitrogen and oxygen atoms in total. The summed E-state index contributed by atoms with van der Waals surface area (Å²) in [6, 6.07) is 21.3. The molecule has 32 heavy (non-hydrogen) atoms. The monoisotopic (exact) mass is 446 g/mol. The van der Waals surface area contributed by atoms with Gasteiger partial charge in [-0.1, -0.05) is 30.3 Å². The summed E-state index contributed by atoms with van der Waals surface area (Å²) in [7, 11) is 1.97. The Morgan fingerprint density at radius 1 is 1.06 bits per heavy atom. The van der Waals surface area contributed by atoms with Gasteiger partial charge in [0.25, 0.3) is 11.1 Å². The second kappa shape index (κ2) is 10.0. The minimum atomic E-state index is -0.361. The summed E-state index contributed by atoms with van der Waals surface area (Å²) in [5.74, 6) is 1.21. The molecule has 0 radical (unpaired) electrons. The first-order valence-corrected chi connectivity index (χ1v) is 10.9. The highest BCUT2D eigenvalue weighted by molar-refractivity contribution is 8.18. The predicted octanol–water partition coefficient (Wildman–Crippen LogP) is 4.66. The standard InChI is InChI=1S/C24H22N4O3S/c1-28(22-16-19(11-12-25-22)26-18-5-3-2-4-6-18)13-14-31-20-9-7-17(8-10-20)15-21-23(29)27-24(30)32-21/h2-12,15-16H,13-14H2,1H3,(H,25,26)(H,27,29,30)/b21-15-. The van der Waals surface area contributed by atoms with E-state index < -0.39 is 0 Å². The number of imide groups is 1. The van der Waals surface area contributed by atoms with Crippen LogP contribution in [0.5, 0.6) is 5.75 Å². The summed E-state index contributed by atoms with van der Waals surface area (Å²) < 4.78 is 5.84. The van der Waals surface area contributed by atoms with Crippen LogP contribution in [-0.4, -0.2) is 36.3 Å². The normalized spacial score (nSPS) is 14.3. The van der Waals surface area contributed by atoms with Gasteiger partial charge < -0.3 is 15.0 Å². The van der Waals surface area contributed by atoms with Crippen molar-refractivity contribution < 1.29 is 14.3 Å². The summed E-state index contributed by atoms with van der Waals surface area (Å²) in [6.07, 6.45) is 3.46. The van der Waals surface area contributed by atoms with Crippen LogP contribution in [0.1, 0.15) is 5.56 Å². The van der Waals surface area contributed by atoms with Gasteiger partial charge >= 0.3 is 0 Å². The fourth-order valence-electron chi connectivity index (χ4n) is 3.04. The van der Waals surface area contributed by atoms with Crippen molar-refractivity contribution in [2.24, 2.45) is 0 Å². The van der Waals surface area contributed by atoms with Crippen molar-refractivity contribution in [2.45, 2.75) is 0 Å². The van der Waals surface area contributed by atoms with E-state index in [-0.39, 0.29) is 11.1 Å². The number of carbonyl (C=O) groups is 2. The molecular formula is C24H22N4O3S. The number of amides is 2. The number of hydrogen-bond acceptors (Lipinski definition) is 7. The Morgan fingerprint density at radius 3 is 2.56 bits per heavy atom. The van der Waals surface area contributed by atoms with Gasteiger partial charge in [0.15, 0.2) is 0 Å². The lowest BCUT2D eigenvalue weighted by atomic mass is 10.2. The smallest absolute Gasteiger partial charge is 0.290 e. The number of carbonyl (C=O) groups excluding carboxylic acids is 2. The number of rotatable bonds is 8. The molecule has 0 spiro atoms. The number of nitrogens with one attached hydrogen (secondary N) is 2. The summed E-state index contributed by atoms with van der Waals surface area (Å²) in [4.78, 5) is 29.7. The van der Waals surface area contributed by atoms with E-state index in [1.807, 2.05) is 78.7 Å². The first kappa shape index (κ1) is 21.5. The largest absolute Gasteiger partial charge is 0.492 e.